The third kappa shape index (κ3) is 4.90. The summed E-state index contributed by atoms with van der Waals surface area (Å²) >= 11 is 0. The molecule has 7 nitrogen and oxygen atoms in total. The topological polar surface area (TPSA) is 86.5 Å². The number of aromatic amines is 1. The fourth-order valence-corrected chi connectivity index (χ4v) is 4.58. The Morgan fingerprint density at radius 3 is 2.61 bits per heavy atom. The molecule has 0 atom stereocenters. The zero-order valence-electron chi connectivity index (χ0n) is 21.0. The summed E-state index contributed by atoms with van der Waals surface area (Å²) in [4.78, 5) is 31.7. The molecule has 36 heavy (non-hydrogen) atoms. The van der Waals surface area contributed by atoms with Crippen LogP contribution in [-0.4, -0.2) is 55.0 Å². The quantitative estimate of drug-likeness (QED) is 0.380. The summed E-state index contributed by atoms with van der Waals surface area (Å²) in [5.74, 6) is -0.393. The first-order chi connectivity index (χ1) is 17.4. The molecule has 188 valence electrons. The van der Waals surface area contributed by atoms with Gasteiger partial charge in [0.2, 0.25) is 0 Å². The number of carbonyl (C=O) groups excluding carboxylic acids is 2. The number of benzene rings is 2. The number of aromatic nitrogens is 1. The fourth-order valence-electron chi connectivity index (χ4n) is 4.58. The highest BCUT2D eigenvalue weighted by Crippen LogP contribution is 2.40. The Labute approximate surface area is 210 Å². The van der Waals surface area contributed by atoms with Crippen LogP contribution < -0.4 is 15.4 Å². The Kier molecular flexibility index (Phi) is 7.55. The minimum Gasteiger partial charge on any atom is -0.496 e. The maximum atomic E-state index is 14.0. The number of nitrogens with one attached hydrogen (secondary N) is 3. The van der Waals surface area contributed by atoms with E-state index in [0.717, 1.165) is 19.6 Å². The first-order valence-corrected chi connectivity index (χ1v) is 12.1. The summed E-state index contributed by atoms with van der Waals surface area (Å²) in [6, 6.07) is 11.6. The minimum atomic E-state index is -0.433. The van der Waals surface area contributed by atoms with Gasteiger partial charge in [-0.1, -0.05) is 32.0 Å². The van der Waals surface area contributed by atoms with Crippen LogP contribution in [0.4, 0.5) is 10.1 Å². The number of amides is 2. The number of nitrogens with zero attached hydrogens (tertiary/aromatic N) is 1. The van der Waals surface area contributed by atoms with Gasteiger partial charge in [-0.25, -0.2) is 4.39 Å². The normalized spacial score (nSPS) is 13.7. The molecule has 3 N–H and O–H groups in total. The van der Waals surface area contributed by atoms with Crippen LogP contribution in [-0.2, 0) is 4.79 Å². The van der Waals surface area contributed by atoms with E-state index in [2.05, 4.69) is 34.4 Å². The monoisotopic (exact) mass is 490 g/mol. The van der Waals surface area contributed by atoms with Crippen LogP contribution in [0.1, 0.15) is 41.2 Å². The van der Waals surface area contributed by atoms with Crippen LogP contribution in [0.15, 0.2) is 42.5 Å². The third-order valence-corrected chi connectivity index (χ3v) is 6.48. The van der Waals surface area contributed by atoms with E-state index >= 15 is 0 Å². The van der Waals surface area contributed by atoms with E-state index in [1.807, 2.05) is 31.2 Å². The van der Waals surface area contributed by atoms with Crippen LogP contribution in [0.3, 0.4) is 0 Å². The van der Waals surface area contributed by atoms with Crippen molar-refractivity contribution in [1.82, 2.24) is 15.2 Å². The lowest BCUT2D eigenvalue weighted by Crippen LogP contribution is -2.35. The lowest BCUT2D eigenvalue weighted by atomic mass is 9.96. The maximum Gasteiger partial charge on any atom is 0.256 e. The molecule has 3 aromatic rings. The molecule has 2 aromatic carbocycles. The molecule has 2 amide bonds. The van der Waals surface area contributed by atoms with E-state index in [1.165, 1.54) is 12.1 Å². The van der Waals surface area contributed by atoms with Crippen molar-refractivity contribution in [3.63, 3.8) is 0 Å². The summed E-state index contributed by atoms with van der Waals surface area (Å²) in [7, 11) is 1.57. The van der Waals surface area contributed by atoms with Crippen LogP contribution in [0, 0.1) is 12.7 Å². The van der Waals surface area contributed by atoms with Crippen molar-refractivity contribution in [3.8, 4) is 16.9 Å². The van der Waals surface area contributed by atoms with Gasteiger partial charge in [-0.05, 0) is 50.4 Å². The molecule has 2 heterocycles. The van der Waals surface area contributed by atoms with Gasteiger partial charge in [0.15, 0.2) is 0 Å². The van der Waals surface area contributed by atoms with Crippen molar-refractivity contribution >= 4 is 29.2 Å². The van der Waals surface area contributed by atoms with Crippen molar-refractivity contribution in [3.05, 3.63) is 70.8 Å². The summed E-state index contributed by atoms with van der Waals surface area (Å²) in [6.45, 7) is 9.05. The number of ether oxygens (including phenoxy) is 1. The molecule has 1 aliphatic rings. The van der Waals surface area contributed by atoms with E-state index in [9.17, 15) is 14.0 Å². The SMILES string of the molecule is CCN(CC)CCNC(=O)c1c(C)[nH]c(C=C2C(=O)Nc3ccc(F)cc32)c1-c1ccccc1OC. The van der Waals surface area contributed by atoms with Gasteiger partial charge in [-0.15, -0.1) is 0 Å². The molecule has 0 bridgehead atoms. The number of hydrogen-bond acceptors (Lipinski definition) is 4. The number of carbonyl (C=O) groups is 2. The number of hydrogen-bond donors (Lipinski definition) is 3. The minimum absolute atomic E-state index is 0.219. The van der Waals surface area contributed by atoms with E-state index < -0.39 is 5.82 Å². The van der Waals surface area contributed by atoms with Crippen molar-refractivity contribution in [1.29, 1.82) is 0 Å². The van der Waals surface area contributed by atoms with E-state index in [-0.39, 0.29) is 11.8 Å². The van der Waals surface area contributed by atoms with Gasteiger partial charge in [0.1, 0.15) is 11.6 Å². The van der Waals surface area contributed by atoms with Gasteiger partial charge in [-0.2, -0.15) is 0 Å². The second-order valence-corrected chi connectivity index (χ2v) is 8.60. The molecule has 1 aromatic heterocycles. The Hall–Kier alpha value is -3.91. The van der Waals surface area contributed by atoms with Gasteiger partial charge in [0, 0.05) is 46.9 Å². The number of halogens is 1. The molecule has 0 aliphatic carbocycles. The molecule has 0 fully saturated rings. The number of aryl methyl sites for hydroxylation is 1. The summed E-state index contributed by atoms with van der Waals surface area (Å²) < 4.78 is 19.6. The molecule has 4 rings (SSSR count). The van der Waals surface area contributed by atoms with E-state index in [1.54, 1.807) is 19.3 Å². The van der Waals surface area contributed by atoms with Gasteiger partial charge < -0.3 is 25.3 Å². The van der Waals surface area contributed by atoms with Crippen LogP contribution in [0.5, 0.6) is 5.75 Å². The molecule has 0 radical (unpaired) electrons. The Morgan fingerprint density at radius 2 is 1.89 bits per heavy atom. The van der Waals surface area contributed by atoms with Crippen molar-refractivity contribution in [2.24, 2.45) is 0 Å². The van der Waals surface area contributed by atoms with E-state index in [0.29, 0.717) is 57.2 Å². The average Bonchev–Trinajstić information content (AvgIpc) is 3.37. The largest absolute Gasteiger partial charge is 0.496 e. The highest BCUT2D eigenvalue weighted by molar-refractivity contribution is 6.35. The number of anilines is 1. The zero-order chi connectivity index (χ0) is 25.8. The molecule has 8 heteroatoms. The number of rotatable bonds is 9. The highest BCUT2D eigenvalue weighted by Gasteiger charge is 2.28. The summed E-state index contributed by atoms with van der Waals surface area (Å²) in [5, 5.41) is 5.81. The summed E-state index contributed by atoms with van der Waals surface area (Å²) in [5.41, 5.74) is 4.36. The highest BCUT2D eigenvalue weighted by atomic mass is 19.1. The third-order valence-electron chi connectivity index (χ3n) is 6.48. The van der Waals surface area contributed by atoms with Crippen LogP contribution >= 0.6 is 0 Å². The Balaban J connectivity index is 1.81. The maximum absolute atomic E-state index is 14.0. The number of H-pyrrole nitrogens is 1. The number of likely N-dealkylation sites (N-methyl/N-ethyl adjacent to an activating group) is 1. The molecular weight excluding hydrogens is 459 g/mol. The molecule has 0 spiro atoms. The van der Waals surface area contributed by atoms with Crippen LogP contribution in [0.2, 0.25) is 0 Å². The van der Waals surface area contributed by atoms with Gasteiger partial charge in [0.25, 0.3) is 11.8 Å². The molecule has 0 saturated carbocycles. The lowest BCUT2D eigenvalue weighted by Gasteiger charge is -2.18. The average molecular weight is 491 g/mol. The molecule has 0 saturated heterocycles. The predicted molar refractivity (Wildman–Crippen MR) is 141 cm³/mol. The predicted octanol–water partition coefficient (Wildman–Crippen LogP) is 4.70. The number of methoxy groups -OCH3 is 1. The molecule has 1 aliphatic heterocycles. The second kappa shape index (κ2) is 10.8. The van der Waals surface area contributed by atoms with Crippen molar-refractivity contribution in [2.75, 3.05) is 38.6 Å². The Morgan fingerprint density at radius 1 is 1.14 bits per heavy atom. The first kappa shape index (κ1) is 25.2. The van der Waals surface area contributed by atoms with Gasteiger partial charge in [0.05, 0.1) is 18.2 Å². The lowest BCUT2D eigenvalue weighted by molar-refractivity contribution is -0.110. The van der Waals surface area contributed by atoms with Crippen molar-refractivity contribution < 1.29 is 18.7 Å². The second-order valence-electron chi connectivity index (χ2n) is 8.60. The number of fused-ring (bicyclic) bond motifs is 1. The standard InChI is InChI=1S/C28H31FN4O3/c1-5-33(6-2)14-13-30-28(35)25-17(3)31-23(26(25)19-9-7-8-10-24(19)36-4)16-21-20-15-18(29)11-12-22(20)32-27(21)34/h7-12,15-16,31H,5-6,13-14H2,1-4H3,(H,30,35)(H,32,34). The molecule has 0 unspecified atom stereocenters. The summed E-state index contributed by atoms with van der Waals surface area (Å²) in [6.07, 6.45) is 1.67. The van der Waals surface area contributed by atoms with Crippen molar-refractivity contribution in [2.45, 2.75) is 20.8 Å². The smallest absolute Gasteiger partial charge is 0.256 e. The number of para-hydroxylation sites is 1. The van der Waals surface area contributed by atoms with Gasteiger partial charge >= 0.3 is 0 Å². The fraction of sp³-hybridized carbons (Fsp3) is 0.286. The Bertz CT molecular complexity index is 1320. The zero-order valence-corrected chi connectivity index (χ0v) is 21.0. The van der Waals surface area contributed by atoms with E-state index in [4.69, 9.17) is 4.74 Å². The first-order valence-electron chi connectivity index (χ1n) is 12.1. The van der Waals surface area contributed by atoms with Gasteiger partial charge in [-0.3, -0.25) is 9.59 Å². The molecular formula is C28H31FN4O3. The van der Waals surface area contributed by atoms with Crippen LogP contribution in [0.25, 0.3) is 22.8 Å².